The van der Waals surface area contributed by atoms with Crippen molar-refractivity contribution in [3.8, 4) is 11.3 Å². The molecule has 4 aromatic rings. The minimum absolute atomic E-state index is 0.0866. The number of aryl methyl sites for hydroxylation is 1. The van der Waals surface area contributed by atoms with Crippen LogP contribution in [-0.2, 0) is 7.05 Å². The molecule has 5 heteroatoms. The topological polar surface area (TPSA) is 25.2 Å². The molecule has 1 aliphatic heterocycles. The highest BCUT2D eigenvalue weighted by Crippen LogP contribution is 2.47. The van der Waals surface area contributed by atoms with Crippen molar-refractivity contribution in [2.75, 3.05) is 6.54 Å². The zero-order chi connectivity index (χ0) is 21.7. The second-order valence-corrected chi connectivity index (χ2v) is 8.79. The number of rotatable bonds is 4. The molecule has 0 fully saturated rings. The summed E-state index contributed by atoms with van der Waals surface area (Å²) in [5.74, 6) is 0.0866. The fourth-order valence-electron chi connectivity index (χ4n) is 4.86. The first-order valence-corrected chi connectivity index (χ1v) is 11.2. The van der Waals surface area contributed by atoms with Gasteiger partial charge in [0.25, 0.3) is 5.91 Å². The molecule has 0 bridgehead atoms. The number of benzene rings is 3. The van der Waals surface area contributed by atoms with Crippen LogP contribution in [0.5, 0.6) is 0 Å². The number of hydrogen-bond donors (Lipinski definition) is 0. The quantitative estimate of drug-likeness (QED) is 0.326. The first kappa shape index (κ1) is 20.2. The fraction of sp³-hybridized carbons (Fsp3) is 0.192. The zero-order valence-electron chi connectivity index (χ0n) is 17.4. The van der Waals surface area contributed by atoms with E-state index in [1.807, 2.05) is 47.4 Å². The number of aromatic nitrogens is 1. The van der Waals surface area contributed by atoms with E-state index in [1.54, 1.807) is 6.07 Å². The summed E-state index contributed by atoms with van der Waals surface area (Å²) < 4.78 is 2.18. The highest BCUT2D eigenvalue weighted by Gasteiger charge is 2.40. The summed E-state index contributed by atoms with van der Waals surface area (Å²) in [4.78, 5) is 15.3. The first-order valence-electron chi connectivity index (χ1n) is 10.5. The van der Waals surface area contributed by atoms with Crippen molar-refractivity contribution in [3.05, 3.63) is 93.5 Å². The van der Waals surface area contributed by atoms with Gasteiger partial charge in [-0.2, -0.15) is 0 Å². The minimum Gasteiger partial charge on any atom is -0.343 e. The number of hydrogen-bond acceptors (Lipinski definition) is 1. The van der Waals surface area contributed by atoms with E-state index in [2.05, 4.69) is 36.7 Å². The monoisotopic (exact) mass is 448 g/mol. The molecule has 5 rings (SSSR count). The van der Waals surface area contributed by atoms with Crippen LogP contribution >= 0.6 is 23.2 Å². The number of para-hydroxylation sites is 1. The summed E-state index contributed by atoms with van der Waals surface area (Å²) in [6.45, 7) is 2.79. The van der Waals surface area contributed by atoms with Gasteiger partial charge in [0.15, 0.2) is 0 Å². The Kier molecular flexibility index (Phi) is 5.04. The molecule has 3 aromatic carbocycles. The number of nitrogens with zero attached hydrogens (tertiary/aromatic N) is 2. The lowest BCUT2D eigenvalue weighted by Gasteiger charge is -2.26. The molecule has 0 N–H and O–H groups in total. The fourth-order valence-corrected chi connectivity index (χ4v) is 5.36. The van der Waals surface area contributed by atoms with Crippen LogP contribution in [0.2, 0.25) is 10.0 Å². The Hall–Kier alpha value is -2.75. The molecule has 1 atom stereocenters. The Labute approximate surface area is 191 Å². The number of amides is 1. The van der Waals surface area contributed by atoms with E-state index in [0.717, 1.165) is 45.3 Å². The average molecular weight is 449 g/mol. The Bertz CT molecular complexity index is 1320. The molecule has 1 aromatic heterocycles. The Morgan fingerprint density at radius 3 is 2.45 bits per heavy atom. The van der Waals surface area contributed by atoms with E-state index in [9.17, 15) is 4.79 Å². The zero-order valence-corrected chi connectivity index (χ0v) is 18.9. The van der Waals surface area contributed by atoms with Crippen molar-refractivity contribution in [3.63, 3.8) is 0 Å². The predicted molar refractivity (Wildman–Crippen MR) is 128 cm³/mol. The molecule has 1 aliphatic rings. The summed E-state index contributed by atoms with van der Waals surface area (Å²) in [7, 11) is 2.05. The Balaban J connectivity index is 1.87. The molecular formula is C26H22Cl2N2O. The Morgan fingerprint density at radius 2 is 1.68 bits per heavy atom. The van der Waals surface area contributed by atoms with Crippen molar-refractivity contribution < 1.29 is 4.79 Å². The molecule has 3 nitrogen and oxygen atoms in total. The predicted octanol–water partition coefficient (Wildman–Crippen LogP) is 7.11. The highest BCUT2D eigenvalue weighted by molar-refractivity contribution is 6.36. The van der Waals surface area contributed by atoms with Crippen molar-refractivity contribution in [1.29, 1.82) is 0 Å². The third-order valence-corrected chi connectivity index (χ3v) is 6.68. The van der Waals surface area contributed by atoms with Gasteiger partial charge >= 0.3 is 0 Å². The SMILES string of the molecule is CCCN1C(=O)c2ccccc2[C@H]1c1c(-c2ccc(Cl)cc2Cl)n(C)c2ccccc12. The normalized spacial score (nSPS) is 15.7. The lowest BCUT2D eigenvalue weighted by Crippen LogP contribution is -2.29. The molecule has 0 spiro atoms. The number of fused-ring (bicyclic) bond motifs is 2. The molecular weight excluding hydrogens is 427 g/mol. The molecule has 0 saturated heterocycles. The molecule has 0 radical (unpaired) electrons. The van der Waals surface area contributed by atoms with Gasteiger partial charge in [0.2, 0.25) is 0 Å². The average Bonchev–Trinajstić information content (AvgIpc) is 3.20. The van der Waals surface area contributed by atoms with Gasteiger partial charge < -0.3 is 9.47 Å². The molecule has 2 heterocycles. The minimum atomic E-state index is -0.170. The van der Waals surface area contributed by atoms with Gasteiger partial charge in [0.1, 0.15) is 0 Å². The molecule has 0 aliphatic carbocycles. The van der Waals surface area contributed by atoms with Gasteiger partial charge in [-0.25, -0.2) is 0 Å². The van der Waals surface area contributed by atoms with Crippen molar-refractivity contribution in [2.45, 2.75) is 19.4 Å². The Morgan fingerprint density at radius 1 is 0.935 bits per heavy atom. The van der Waals surface area contributed by atoms with E-state index >= 15 is 0 Å². The maximum atomic E-state index is 13.3. The van der Waals surface area contributed by atoms with Gasteiger partial charge in [-0.3, -0.25) is 4.79 Å². The van der Waals surface area contributed by atoms with Gasteiger partial charge in [-0.1, -0.05) is 66.5 Å². The largest absolute Gasteiger partial charge is 0.343 e. The maximum absolute atomic E-state index is 13.3. The summed E-state index contributed by atoms with van der Waals surface area (Å²) >= 11 is 12.9. The molecule has 31 heavy (non-hydrogen) atoms. The third kappa shape index (κ3) is 3.07. The summed E-state index contributed by atoms with van der Waals surface area (Å²) in [5.41, 5.74) is 5.96. The van der Waals surface area contributed by atoms with Crippen molar-refractivity contribution in [2.24, 2.45) is 7.05 Å². The lowest BCUT2D eigenvalue weighted by molar-refractivity contribution is 0.0751. The van der Waals surface area contributed by atoms with Crippen LogP contribution in [0.15, 0.2) is 66.7 Å². The second kappa shape index (κ2) is 7.74. The summed E-state index contributed by atoms with van der Waals surface area (Å²) in [6.07, 6.45) is 0.887. The van der Waals surface area contributed by atoms with Crippen LogP contribution in [0, 0.1) is 0 Å². The lowest BCUT2D eigenvalue weighted by atomic mass is 9.93. The van der Waals surface area contributed by atoms with Crippen LogP contribution in [0.3, 0.4) is 0 Å². The van der Waals surface area contributed by atoms with Gasteiger partial charge in [-0.15, -0.1) is 0 Å². The molecule has 1 amide bonds. The van der Waals surface area contributed by atoms with Crippen LogP contribution in [0.1, 0.15) is 40.9 Å². The highest BCUT2D eigenvalue weighted by atomic mass is 35.5. The van der Waals surface area contributed by atoms with Gasteiger partial charge in [0, 0.05) is 46.2 Å². The van der Waals surface area contributed by atoms with Gasteiger partial charge in [-0.05, 0) is 42.3 Å². The second-order valence-electron chi connectivity index (χ2n) is 7.95. The number of carbonyl (C=O) groups is 1. The van der Waals surface area contributed by atoms with Crippen LogP contribution in [0.25, 0.3) is 22.2 Å². The van der Waals surface area contributed by atoms with Crippen molar-refractivity contribution in [1.82, 2.24) is 9.47 Å². The van der Waals surface area contributed by atoms with Crippen LogP contribution in [-0.4, -0.2) is 21.9 Å². The van der Waals surface area contributed by atoms with E-state index in [0.29, 0.717) is 16.6 Å². The van der Waals surface area contributed by atoms with Crippen molar-refractivity contribution >= 4 is 40.0 Å². The summed E-state index contributed by atoms with van der Waals surface area (Å²) in [5, 5.41) is 2.32. The van der Waals surface area contributed by atoms with Crippen LogP contribution in [0.4, 0.5) is 0 Å². The van der Waals surface area contributed by atoms with E-state index < -0.39 is 0 Å². The first-order chi connectivity index (χ1) is 15.0. The number of carbonyl (C=O) groups excluding carboxylic acids is 1. The third-order valence-electron chi connectivity index (χ3n) is 6.13. The smallest absolute Gasteiger partial charge is 0.255 e. The van der Waals surface area contributed by atoms with Crippen LogP contribution < -0.4 is 0 Å². The maximum Gasteiger partial charge on any atom is 0.255 e. The van der Waals surface area contributed by atoms with E-state index in [1.165, 1.54) is 0 Å². The molecule has 156 valence electrons. The summed E-state index contributed by atoms with van der Waals surface area (Å²) in [6, 6.07) is 21.7. The van der Waals surface area contributed by atoms with E-state index in [-0.39, 0.29) is 11.9 Å². The van der Waals surface area contributed by atoms with Gasteiger partial charge in [0.05, 0.1) is 16.8 Å². The number of halogens is 2. The van der Waals surface area contributed by atoms with E-state index in [4.69, 9.17) is 23.2 Å². The molecule has 0 unspecified atom stereocenters. The standard InChI is InChI=1S/C26H22Cl2N2O/c1-3-14-30-25(17-8-4-5-9-18(17)26(30)31)23-20-10-6-7-11-22(20)29(2)24(23)19-13-12-16(27)15-21(19)28/h4-13,15,25H,3,14H2,1-2H3/t25-/m0/s1. The molecule has 0 saturated carbocycles.